The van der Waals surface area contributed by atoms with Crippen LogP contribution < -0.4 is 4.74 Å². The van der Waals surface area contributed by atoms with Crippen molar-refractivity contribution >= 4 is 23.1 Å². The highest BCUT2D eigenvalue weighted by atomic mass is 16.6. The second kappa shape index (κ2) is 14.9. The molecule has 0 unspecified atom stereocenters. The molecule has 7 heteroatoms. The van der Waals surface area contributed by atoms with Crippen molar-refractivity contribution < 1.29 is 24.2 Å². The molecule has 0 saturated carbocycles. The van der Waals surface area contributed by atoms with Crippen molar-refractivity contribution in [1.29, 1.82) is 0 Å². The van der Waals surface area contributed by atoms with Crippen LogP contribution in [0.15, 0.2) is 91.0 Å². The molecule has 3 aromatic rings. The lowest BCUT2D eigenvalue weighted by atomic mass is 9.88. The van der Waals surface area contributed by atoms with Crippen LogP contribution in [0.5, 0.6) is 11.5 Å². The molecule has 0 aliphatic carbocycles. The second-order valence-electron chi connectivity index (χ2n) is 11.1. The normalized spacial score (nSPS) is 12.0. The average molecular weight is 571 g/mol. The Morgan fingerprint density at radius 2 is 1.55 bits per heavy atom. The van der Waals surface area contributed by atoms with Crippen LogP contribution in [0.3, 0.4) is 0 Å². The molecule has 0 bridgehead atoms. The number of benzene rings is 3. The molecule has 7 nitrogen and oxygen atoms in total. The highest BCUT2D eigenvalue weighted by Gasteiger charge is 2.21. The minimum absolute atomic E-state index is 0.159. The number of hydrogen-bond donors (Lipinski definition) is 1. The molecule has 3 aromatic carbocycles. The lowest BCUT2D eigenvalue weighted by Gasteiger charge is -2.26. The van der Waals surface area contributed by atoms with Gasteiger partial charge in [-0.25, -0.2) is 4.79 Å². The summed E-state index contributed by atoms with van der Waals surface area (Å²) in [5.74, 6) is 0.714. The Bertz CT molecular complexity index is 1390. The van der Waals surface area contributed by atoms with Gasteiger partial charge in [0.2, 0.25) is 5.91 Å². The molecule has 0 heterocycles. The van der Waals surface area contributed by atoms with Gasteiger partial charge in [0, 0.05) is 26.7 Å². The summed E-state index contributed by atoms with van der Waals surface area (Å²) in [5, 5.41) is 10.2. The average Bonchev–Trinajstić information content (AvgIpc) is 2.95. The molecule has 222 valence electrons. The van der Waals surface area contributed by atoms with Gasteiger partial charge < -0.3 is 24.4 Å². The first-order valence-electron chi connectivity index (χ1n) is 14.2. The molecule has 0 fully saturated rings. The van der Waals surface area contributed by atoms with Crippen molar-refractivity contribution in [2.45, 2.75) is 39.7 Å². The van der Waals surface area contributed by atoms with E-state index in [4.69, 9.17) is 9.47 Å². The number of phenols is 1. The van der Waals surface area contributed by atoms with E-state index in [9.17, 15) is 14.7 Å². The zero-order valence-electron chi connectivity index (χ0n) is 25.5. The van der Waals surface area contributed by atoms with E-state index in [1.807, 2.05) is 75.4 Å². The van der Waals surface area contributed by atoms with Gasteiger partial charge in [0.25, 0.3) is 0 Å². The second-order valence-corrected chi connectivity index (χ2v) is 11.1. The van der Waals surface area contributed by atoms with Crippen molar-refractivity contribution in [3.05, 3.63) is 108 Å². The van der Waals surface area contributed by atoms with E-state index < -0.39 is 11.7 Å². The third kappa shape index (κ3) is 9.54. The fraction of sp³-hybridized carbons (Fsp3) is 0.314. The molecular formula is C35H42N2O5. The number of ether oxygens (including phenoxy) is 2. The highest BCUT2D eigenvalue weighted by Crippen LogP contribution is 2.36. The number of amides is 2. The van der Waals surface area contributed by atoms with Crippen LogP contribution in [0, 0.1) is 0 Å². The van der Waals surface area contributed by atoms with Crippen molar-refractivity contribution in [3.8, 4) is 11.5 Å². The number of phenolic OH excluding ortho intramolecular Hbond substituents is 1. The fourth-order valence-corrected chi connectivity index (χ4v) is 4.35. The molecule has 2 amide bonds. The van der Waals surface area contributed by atoms with E-state index in [0.717, 1.165) is 28.7 Å². The zero-order chi connectivity index (χ0) is 30.7. The van der Waals surface area contributed by atoms with E-state index in [1.54, 1.807) is 32.3 Å². The van der Waals surface area contributed by atoms with Crippen molar-refractivity contribution in [3.63, 3.8) is 0 Å². The molecule has 42 heavy (non-hydrogen) atoms. The summed E-state index contributed by atoms with van der Waals surface area (Å²) >= 11 is 0. The van der Waals surface area contributed by atoms with Crippen molar-refractivity contribution in [1.82, 2.24) is 9.80 Å². The first-order chi connectivity index (χ1) is 20.0. The Hall–Kier alpha value is -4.52. The Labute approximate surface area is 249 Å². The number of hydrogen-bond acceptors (Lipinski definition) is 5. The van der Waals surface area contributed by atoms with Crippen LogP contribution in [0.1, 0.15) is 50.8 Å². The number of aromatic hydroxyl groups is 1. The summed E-state index contributed by atoms with van der Waals surface area (Å²) in [5.41, 5.74) is 4.62. The first kappa shape index (κ1) is 32.0. The molecule has 0 radical (unpaired) electrons. The van der Waals surface area contributed by atoms with E-state index in [0.29, 0.717) is 5.75 Å². The van der Waals surface area contributed by atoms with Crippen LogP contribution in [0.2, 0.25) is 0 Å². The quantitative estimate of drug-likeness (QED) is 0.198. The van der Waals surface area contributed by atoms with Gasteiger partial charge in [-0.15, -0.1) is 0 Å². The summed E-state index contributed by atoms with van der Waals surface area (Å²) in [4.78, 5) is 27.7. The Morgan fingerprint density at radius 3 is 2.14 bits per heavy atom. The van der Waals surface area contributed by atoms with Gasteiger partial charge in [-0.2, -0.15) is 0 Å². The number of likely N-dealkylation sites (N-methyl/N-ethyl adjacent to an activating group) is 1. The predicted octanol–water partition coefficient (Wildman–Crippen LogP) is 7.02. The maximum absolute atomic E-state index is 12.8. The zero-order valence-corrected chi connectivity index (χ0v) is 25.5. The summed E-state index contributed by atoms with van der Waals surface area (Å²) in [6.07, 6.45) is 3.42. The lowest BCUT2D eigenvalue weighted by Crippen LogP contribution is -2.39. The maximum Gasteiger partial charge on any atom is 0.410 e. The molecule has 0 aliphatic rings. The van der Waals surface area contributed by atoms with Crippen LogP contribution in [-0.2, 0) is 9.53 Å². The molecule has 3 rings (SSSR count). The summed E-state index contributed by atoms with van der Waals surface area (Å²) in [6, 6.07) is 25.4. The number of carbonyl (C=O) groups excluding carboxylic acids is 2. The number of carbonyl (C=O) groups is 2. The minimum atomic E-state index is -0.646. The Morgan fingerprint density at radius 1 is 0.881 bits per heavy atom. The lowest BCUT2D eigenvalue weighted by molar-refractivity contribution is -0.123. The van der Waals surface area contributed by atoms with E-state index in [-0.39, 0.29) is 31.4 Å². The van der Waals surface area contributed by atoms with Crippen LogP contribution in [-0.4, -0.2) is 66.3 Å². The van der Waals surface area contributed by atoms with Crippen LogP contribution in [0.25, 0.3) is 11.1 Å². The number of rotatable bonds is 11. The third-order valence-electron chi connectivity index (χ3n) is 6.36. The van der Waals surface area contributed by atoms with Gasteiger partial charge in [-0.05, 0) is 79.3 Å². The van der Waals surface area contributed by atoms with Gasteiger partial charge >= 0.3 is 6.09 Å². The SMILES string of the molecule is CC/C(=C(/c1ccc(OCCN(C/C=C/C(=O)N(C)C)C(=O)OC(C)(C)C)cc1)c1cccc(O)c1)c1ccccc1. The molecule has 0 spiro atoms. The van der Waals surface area contributed by atoms with Gasteiger partial charge in [0.1, 0.15) is 23.7 Å². The summed E-state index contributed by atoms with van der Waals surface area (Å²) in [6.45, 7) is 8.31. The van der Waals surface area contributed by atoms with Gasteiger partial charge in [-0.1, -0.05) is 67.6 Å². The number of allylic oxidation sites excluding steroid dienone is 1. The van der Waals surface area contributed by atoms with Gasteiger partial charge in [0.15, 0.2) is 0 Å². The predicted molar refractivity (Wildman–Crippen MR) is 168 cm³/mol. The smallest absolute Gasteiger partial charge is 0.410 e. The van der Waals surface area contributed by atoms with E-state index in [1.165, 1.54) is 21.4 Å². The molecule has 1 N–H and O–H groups in total. The standard InChI is InChI=1S/C35H42N2O5/c1-7-31(26-13-9-8-10-14-26)33(28-15-11-16-29(38)25-28)27-18-20-30(21-19-27)41-24-23-37(34(40)42-35(2,3)4)22-12-17-32(39)36(5)6/h8-21,25,38H,7,22-24H2,1-6H3/b17-12+,33-31+. The summed E-state index contributed by atoms with van der Waals surface area (Å²) in [7, 11) is 3.34. The van der Waals surface area contributed by atoms with E-state index in [2.05, 4.69) is 19.1 Å². The van der Waals surface area contributed by atoms with Crippen LogP contribution >= 0.6 is 0 Å². The minimum Gasteiger partial charge on any atom is -0.508 e. The summed E-state index contributed by atoms with van der Waals surface area (Å²) < 4.78 is 11.6. The van der Waals surface area contributed by atoms with Gasteiger partial charge in [0.05, 0.1) is 6.54 Å². The van der Waals surface area contributed by atoms with Gasteiger partial charge in [-0.3, -0.25) is 4.79 Å². The maximum atomic E-state index is 12.8. The van der Waals surface area contributed by atoms with Crippen LogP contribution in [0.4, 0.5) is 4.79 Å². The molecule has 0 atom stereocenters. The van der Waals surface area contributed by atoms with E-state index >= 15 is 0 Å². The monoisotopic (exact) mass is 570 g/mol. The van der Waals surface area contributed by atoms with Crippen molar-refractivity contribution in [2.75, 3.05) is 33.8 Å². The fourth-order valence-electron chi connectivity index (χ4n) is 4.35. The highest BCUT2D eigenvalue weighted by molar-refractivity contribution is 5.98. The molecule has 0 saturated heterocycles. The van der Waals surface area contributed by atoms with Crippen molar-refractivity contribution in [2.24, 2.45) is 0 Å². The molecular weight excluding hydrogens is 528 g/mol. The topological polar surface area (TPSA) is 79.3 Å². The number of nitrogens with zero attached hydrogens (tertiary/aromatic N) is 2. The molecule has 0 aromatic heterocycles. The Kier molecular flexibility index (Phi) is 11.4. The Balaban J connectivity index is 1.80. The first-order valence-corrected chi connectivity index (χ1v) is 14.2. The molecule has 0 aliphatic heterocycles. The third-order valence-corrected chi connectivity index (χ3v) is 6.36. The largest absolute Gasteiger partial charge is 0.508 e.